The van der Waals surface area contributed by atoms with Crippen LogP contribution in [0.4, 0.5) is 5.69 Å². The van der Waals surface area contributed by atoms with Crippen molar-refractivity contribution in [2.24, 2.45) is 0 Å². The van der Waals surface area contributed by atoms with Crippen LogP contribution in [0.5, 0.6) is 0 Å². The molecule has 3 rings (SSSR count). The first-order valence-corrected chi connectivity index (χ1v) is 7.23. The van der Waals surface area contributed by atoms with Gasteiger partial charge in [-0.2, -0.15) is 0 Å². The number of benzene rings is 2. The van der Waals surface area contributed by atoms with E-state index in [0.717, 1.165) is 38.0 Å². The molecule has 0 radical (unpaired) electrons. The van der Waals surface area contributed by atoms with Crippen LogP contribution in [0.15, 0.2) is 41.2 Å². The van der Waals surface area contributed by atoms with E-state index in [-0.39, 0.29) is 5.43 Å². The Morgan fingerprint density at radius 3 is 2.74 bits per heavy atom. The molecule has 0 fully saturated rings. The number of fused-ring (bicyclic) bond motifs is 2. The van der Waals surface area contributed by atoms with Crippen LogP contribution in [0.3, 0.4) is 0 Å². The van der Waals surface area contributed by atoms with Gasteiger partial charge in [0.15, 0.2) is 5.43 Å². The highest BCUT2D eigenvalue weighted by atomic mass is 32.1. The van der Waals surface area contributed by atoms with E-state index in [1.54, 1.807) is 11.3 Å². The molecule has 0 spiro atoms. The van der Waals surface area contributed by atoms with Crippen LogP contribution in [-0.2, 0) is 0 Å². The Kier molecular flexibility index (Phi) is 2.99. The summed E-state index contributed by atoms with van der Waals surface area (Å²) in [5.41, 5.74) is 2.23. The van der Waals surface area contributed by atoms with Gasteiger partial charge in [0.1, 0.15) is 0 Å². The number of aryl methyl sites for hydroxylation is 1. The molecule has 2 nitrogen and oxygen atoms in total. The zero-order chi connectivity index (χ0) is 13.4. The molecule has 3 heteroatoms. The maximum absolute atomic E-state index is 12.7. The molecule has 96 valence electrons. The second-order valence-corrected chi connectivity index (χ2v) is 5.64. The predicted molar refractivity (Wildman–Crippen MR) is 84.5 cm³/mol. The van der Waals surface area contributed by atoms with Gasteiger partial charge >= 0.3 is 0 Å². The summed E-state index contributed by atoms with van der Waals surface area (Å²) in [7, 11) is 0. The molecule has 1 heterocycles. The molecule has 0 saturated heterocycles. The number of nitrogens with one attached hydrogen (secondary N) is 1. The van der Waals surface area contributed by atoms with Crippen molar-refractivity contribution in [1.29, 1.82) is 0 Å². The molecule has 3 aromatic rings. The Morgan fingerprint density at radius 1 is 1.16 bits per heavy atom. The topological polar surface area (TPSA) is 29.1 Å². The Hall–Kier alpha value is -1.87. The molecule has 0 unspecified atom stereocenters. The highest BCUT2D eigenvalue weighted by molar-refractivity contribution is 7.24. The van der Waals surface area contributed by atoms with Crippen LogP contribution in [-0.4, -0.2) is 6.54 Å². The van der Waals surface area contributed by atoms with Gasteiger partial charge in [0, 0.05) is 27.0 Å². The summed E-state index contributed by atoms with van der Waals surface area (Å²) in [5.74, 6) is 0. The van der Waals surface area contributed by atoms with Crippen LogP contribution >= 0.6 is 11.3 Å². The van der Waals surface area contributed by atoms with E-state index in [9.17, 15) is 4.79 Å². The van der Waals surface area contributed by atoms with Crippen LogP contribution in [0.1, 0.15) is 12.5 Å². The average Bonchev–Trinajstić information content (AvgIpc) is 2.43. The van der Waals surface area contributed by atoms with Crippen molar-refractivity contribution in [2.45, 2.75) is 13.8 Å². The molecular weight excluding hydrogens is 254 g/mol. The fourth-order valence-electron chi connectivity index (χ4n) is 2.37. The van der Waals surface area contributed by atoms with Crippen LogP contribution in [0.25, 0.3) is 20.2 Å². The standard InChI is InChI=1S/C16H15NOS/c1-3-17-12-9-8-10(2)16-14(12)15(18)11-6-4-5-7-13(11)19-16/h4-9,17H,3H2,1-2H3. The van der Waals surface area contributed by atoms with E-state index in [1.807, 2.05) is 37.3 Å². The minimum Gasteiger partial charge on any atom is -0.385 e. The Bertz CT molecular complexity index is 820. The molecule has 0 amide bonds. The number of hydrogen-bond acceptors (Lipinski definition) is 3. The summed E-state index contributed by atoms with van der Waals surface area (Å²) < 4.78 is 2.14. The molecule has 0 aliphatic rings. The van der Waals surface area contributed by atoms with E-state index < -0.39 is 0 Å². The average molecular weight is 269 g/mol. The number of hydrogen-bond donors (Lipinski definition) is 1. The minimum absolute atomic E-state index is 0.129. The van der Waals surface area contributed by atoms with Gasteiger partial charge in [0.05, 0.1) is 5.39 Å². The molecule has 0 bridgehead atoms. The largest absolute Gasteiger partial charge is 0.385 e. The summed E-state index contributed by atoms with van der Waals surface area (Å²) >= 11 is 1.69. The zero-order valence-corrected chi connectivity index (χ0v) is 11.8. The summed E-state index contributed by atoms with van der Waals surface area (Å²) in [6, 6.07) is 11.9. The molecule has 0 aliphatic heterocycles. The lowest BCUT2D eigenvalue weighted by Crippen LogP contribution is -2.06. The molecule has 1 aromatic heterocycles. The second kappa shape index (κ2) is 4.67. The summed E-state index contributed by atoms with van der Waals surface area (Å²) in [6.07, 6.45) is 0. The monoisotopic (exact) mass is 269 g/mol. The van der Waals surface area contributed by atoms with Crippen molar-refractivity contribution in [3.8, 4) is 0 Å². The highest BCUT2D eigenvalue weighted by Gasteiger charge is 2.11. The first-order valence-electron chi connectivity index (χ1n) is 6.41. The minimum atomic E-state index is 0.129. The summed E-state index contributed by atoms with van der Waals surface area (Å²) in [6.45, 7) is 4.92. The van der Waals surface area contributed by atoms with Gasteiger partial charge in [-0.05, 0) is 37.6 Å². The van der Waals surface area contributed by atoms with Gasteiger partial charge in [-0.3, -0.25) is 4.79 Å². The number of rotatable bonds is 2. The fourth-order valence-corrected chi connectivity index (χ4v) is 3.54. The Morgan fingerprint density at radius 2 is 1.95 bits per heavy atom. The fraction of sp³-hybridized carbons (Fsp3) is 0.188. The van der Waals surface area contributed by atoms with E-state index in [0.29, 0.717) is 0 Å². The lowest BCUT2D eigenvalue weighted by Gasteiger charge is -2.10. The van der Waals surface area contributed by atoms with Gasteiger partial charge in [0.2, 0.25) is 0 Å². The van der Waals surface area contributed by atoms with E-state index in [1.165, 1.54) is 0 Å². The smallest absolute Gasteiger partial charge is 0.197 e. The molecule has 0 aliphatic carbocycles. The second-order valence-electron chi connectivity index (χ2n) is 4.59. The van der Waals surface area contributed by atoms with E-state index >= 15 is 0 Å². The van der Waals surface area contributed by atoms with Crippen LogP contribution in [0.2, 0.25) is 0 Å². The first-order chi connectivity index (χ1) is 9.22. The lowest BCUT2D eigenvalue weighted by atomic mass is 10.1. The third-order valence-electron chi connectivity index (χ3n) is 3.29. The van der Waals surface area contributed by atoms with Gasteiger partial charge < -0.3 is 5.32 Å². The van der Waals surface area contributed by atoms with E-state index in [4.69, 9.17) is 0 Å². The summed E-state index contributed by atoms with van der Waals surface area (Å²) in [5, 5.41) is 4.92. The number of anilines is 1. The van der Waals surface area contributed by atoms with Crippen molar-refractivity contribution in [3.05, 3.63) is 52.2 Å². The van der Waals surface area contributed by atoms with Crippen molar-refractivity contribution < 1.29 is 0 Å². The van der Waals surface area contributed by atoms with Crippen LogP contribution < -0.4 is 10.7 Å². The highest BCUT2D eigenvalue weighted by Crippen LogP contribution is 2.31. The quantitative estimate of drug-likeness (QED) is 0.708. The molecule has 1 N–H and O–H groups in total. The van der Waals surface area contributed by atoms with Gasteiger partial charge in [-0.15, -0.1) is 11.3 Å². The molecule has 0 atom stereocenters. The SMILES string of the molecule is CCNc1ccc(C)c2sc3ccccc3c(=O)c12. The maximum Gasteiger partial charge on any atom is 0.197 e. The molecule has 0 saturated carbocycles. The molecular formula is C16H15NOS. The maximum atomic E-state index is 12.7. The third kappa shape index (κ3) is 1.90. The molecule has 2 aromatic carbocycles. The van der Waals surface area contributed by atoms with Crippen LogP contribution in [0, 0.1) is 6.92 Å². The Balaban J connectivity index is 2.53. The van der Waals surface area contributed by atoms with Gasteiger partial charge in [-0.25, -0.2) is 0 Å². The summed E-state index contributed by atoms with van der Waals surface area (Å²) in [4.78, 5) is 12.7. The van der Waals surface area contributed by atoms with Gasteiger partial charge in [-0.1, -0.05) is 18.2 Å². The molecule has 19 heavy (non-hydrogen) atoms. The Labute approximate surface area is 115 Å². The first kappa shape index (κ1) is 12.2. The van der Waals surface area contributed by atoms with Crippen molar-refractivity contribution >= 4 is 37.2 Å². The normalized spacial score (nSPS) is 11.1. The van der Waals surface area contributed by atoms with Crippen molar-refractivity contribution in [3.63, 3.8) is 0 Å². The third-order valence-corrected chi connectivity index (χ3v) is 4.60. The zero-order valence-electron chi connectivity index (χ0n) is 11.0. The van der Waals surface area contributed by atoms with Crippen molar-refractivity contribution in [1.82, 2.24) is 0 Å². The van der Waals surface area contributed by atoms with Gasteiger partial charge in [0.25, 0.3) is 0 Å². The lowest BCUT2D eigenvalue weighted by molar-refractivity contribution is 1.22. The predicted octanol–water partition coefficient (Wildman–Crippen LogP) is 4.15. The van der Waals surface area contributed by atoms with E-state index in [2.05, 4.69) is 18.3 Å². The van der Waals surface area contributed by atoms with Crippen molar-refractivity contribution in [2.75, 3.05) is 11.9 Å².